The third kappa shape index (κ3) is 5.01. The summed E-state index contributed by atoms with van der Waals surface area (Å²) in [6.45, 7) is 0. The number of halogens is 4. The van der Waals surface area contributed by atoms with Crippen molar-refractivity contribution in [2.45, 2.75) is 37.8 Å². The van der Waals surface area contributed by atoms with Crippen molar-refractivity contribution in [2.24, 2.45) is 0 Å². The van der Waals surface area contributed by atoms with Crippen molar-refractivity contribution >= 4 is 28.9 Å². The van der Waals surface area contributed by atoms with Crippen LogP contribution in [0.15, 0.2) is 42.7 Å². The molecule has 0 bridgehead atoms. The summed E-state index contributed by atoms with van der Waals surface area (Å²) < 4.78 is 52.1. The SMILES string of the molecule is O=C(Nc1ccc(-c2cnc(C3CCCC3)s2)cn1)Nc1cc(C(F)(F)F)ccc1F. The second kappa shape index (κ2) is 8.62. The Morgan fingerprint density at radius 2 is 1.81 bits per heavy atom. The van der Waals surface area contributed by atoms with Crippen LogP contribution in [0, 0.1) is 5.82 Å². The number of alkyl halides is 3. The van der Waals surface area contributed by atoms with Gasteiger partial charge in [0.15, 0.2) is 0 Å². The molecule has 1 saturated carbocycles. The van der Waals surface area contributed by atoms with Crippen molar-refractivity contribution in [1.29, 1.82) is 0 Å². The van der Waals surface area contributed by atoms with Crippen molar-refractivity contribution in [2.75, 3.05) is 10.6 Å². The second-order valence-electron chi connectivity index (χ2n) is 7.25. The summed E-state index contributed by atoms with van der Waals surface area (Å²) >= 11 is 1.63. The van der Waals surface area contributed by atoms with Crippen molar-refractivity contribution in [1.82, 2.24) is 9.97 Å². The Hall–Kier alpha value is -3.01. The first kappa shape index (κ1) is 21.2. The minimum Gasteiger partial charge on any atom is -0.305 e. The van der Waals surface area contributed by atoms with Gasteiger partial charge in [0.1, 0.15) is 11.6 Å². The third-order valence-corrected chi connectivity index (χ3v) is 6.27. The van der Waals surface area contributed by atoms with Crippen LogP contribution in [0.3, 0.4) is 0 Å². The maximum absolute atomic E-state index is 13.8. The molecule has 2 aromatic heterocycles. The molecule has 0 atom stereocenters. The Labute approximate surface area is 179 Å². The predicted octanol–water partition coefficient (Wildman–Crippen LogP) is 6.66. The molecular weight excluding hydrogens is 432 g/mol. The van der Waals surface area contributed by atoms with Gasteiger partial charge in [0.05, 0.1) is 21.1 Å². The fraction of sp³-hybridized carbons (Fsp3) is 0.286. The van der Waals surface area contributed by atoms with Crippen LogP contribution in [0.1, 0.15) is 42.2 Å². The Morgan fingerprint density at radius 3 is 2.48 bits per heavy atom. The number of thiazole rings is 1. The lowest BCUT2D eigenvalue weighted by Crippen LogP contribution is -2.21. The molecule has 0 unspecified atom stereocenters. The van der Waals surface area contributed by atoms with Crippen LogP contribution in [0.25, 0.3) is 10.4 Å². The van der Waals surface area contributed by atoms with Gasteiger partial charge < -0.3 is 5.32 Å². The van der Waals surface area contributed by atoms with E-state index in [2.05, 4.69) is 20.6 Å². The number of amides is 2. The summed E-state index contributed by atoms with van der Waals surface area (Å²) in [7, 11) is 0. The standard InChI is InChI=1S/C21H18F4N4OS/c22-15-7-6-14(21(23,24)25)9-16(15)28-20(30)29-18-8-5-13(10-26-18)17-11-27-19(31-17)12-3-1-2-4-12/h5-12H,1-4H2,(H2,26,28,29,30). The molecule has 2 heterocycles. The van der Waals surface area contributed by atoms with Crippen LogP contribution in [-0.2, 0) is 6.18 Å². The number of hydrogen-bond acceptors (Lipinski definition) is 4. The zero-order valence-corrected chi connectivity index (χ0v) is 17.0. The van der Waals surface area contributed by atoms with E-state index in [1.54, 1.807) is 29.7 Å². The summed E-state index contributed by atoms with van der Waals surface area (Å²) in [5, 5.41) is 5.58. The smallest absolute Gasteiger partial charge is 0.305 e. The van der Waals surface area contributed by atoms with Crippen LogP contribution < -0.4 is 10.6 Å². The minimum atomic E-state index is -4.65. The number of carbonyl (C=O) groups is 1. The van der Waals surface area contributed by atoms with E-state index in [0.717, 1.165) is 28.3 Å². The molecule has 4 rings (SSSR count). The Morgan fingerprint density at radius 1 is 1.03 bits per heavy atom. The first-order chi connectivity index (χ1) is 14.8. The van der Waals surface area contributed by atoms with Crippen LogP contribution in [0.5, 0.6) is 0 Å². The zero-order chi connectivity index (χ0) is 22.0. The highest BCUT2D eigenvalue weighted by atomic mass is 32.1. The van der Waals surface area contributed by atoms with Gasteiger partial charge in [0.2, 0.25) is 0 Å². The van der Waals surface area contributed by atoms with Gasteiger partial charge in [-0.3, -0.25) is 5.32 Å². The van der Waals surface area contributed by atoms with Crippen molar-refractivity contribution in [3.05, 3.63) is 59.1 Å². The number of nitrogens with zero attached hydrogens (tertiary/aromatic N) is 2. The van der Waals surface area contributed by atoms with E-state index in [1.807, 2.05) is 6.20 Å². The number of nitrogens with one attached hydrogen (secondary N) is 2. The number of carbonyl (C=O) groups excluding carboxylic acids is 1. The molecule has 1 aromatic carbocycles. The summed E-state index contributed by atoms with van der Waals surface area (Å²) in [5.41, 5.74) is -0.794. The van der Waals surface area contributed by atoms with Crippen LogP contribution in [0.4, 0.5) is 33.9 Å². The quantitative estimate of drug-likeness (QED) is 0.437. The van der Waals surface area contributed by atoms with Crippen LogP contribution >= 0.6 is 11.3 Å². The molecule has 5 nitrogen and oxygen atoms in total. The van der Waals surface area contributed by atoms with E-state index in [1.165, 1.54) is 12.8 Å². The topological polar surface area (TPSA) is 66.9 Å². The molecule has 2 amide bonds. The largest absolute Gasteiger partial charge is 0.416 e. The highest BCUT2D eigenvalue weighted by Crippen LogP contribution is 2.38. The van der Waals surface area contributed by atoms with Crippen molar-refractivity contribution < 1.29 is 22.4 Å². The third-order valence-electron chi connectivity index (χ3n) is 5.06. The first-order valence-electron chi connectivity index (χ1n) is 9.66. The summed E-state index contributed by atoms with van der Waals surface area (Å²) in [4.78, 5) is 21.7. The van der Waals surface area contributed by atoms with Gasteiger partial charge in [-0.15, -0.1) is 11.3 Å². The number of benzene rings is 1. The Balaban J connectivity index is 1.41. The van der Waals surface area contributed by atoms with Gasteiger partial charge in [0, 0.05) is 23.9 Å². The molecule has 162 valence electrons. The lowest BCUT2D eigenvalue weighted by Gasteiger charge is -2.11. The normalized spacial score (nSPS) is 14.6. The number of urea groups is 1. The highest BCUT2D eigenvalue weighted by molar-refractivity contribution is 7.15. The van der Waals surface area contributed by atoms with E-state index in [9.17, 15) is 22.4 Å². The molecular formula is C21H18F4N4OS. The molecule has 10 heteroatoms. The molecule has 0 saturated heterocycles. The van der Waals surface area contributed by atoms with E-state index < -0.39 is 29.3 Å². The van der Waals surface area contributed by atoms with E-state index in [4.69, 9.17) is 0 Å². The first-order valence-corrected chi connectivity index (χ1v) is 10.5. The summed E-state index contributed by atoms with van der Waals surface area (Å²) in [5.74, 6) is -0.281. The van der Waals surface area contributed by atoms with Gasteiger partial charge in [0.25, 0.3) is 0 Å². The van der Waals surface area contributed by atoms with E-state index in [0.29, 0.717) is 24.1 Å². The van der Waals surface area contributed by atoms with Gasteiger partial charge in [-0.25, -0.2) is 19.2 Å². The number of anilines is 2. The van der Waals surface area contributed by atoms with Gasteiger partial charge in [-0.05, 0) is 43.2 Å². The fourth-order valence-electron chi connectivity index (χ4n) is 3.46. The molecule has 0 spiro atoms. The number of hydrogen-bond donors (Lipinski definition) is 2. The van der Waals surface area contributed by atoms with E-state index in [-0.39, 0.29) is 5.82 Å². The Bertz CT molecular complexity index is 1080. The molecule has 2 N–H and O–H groups in total. The lowest BCUT2D eigenvalue weighted by molar-refractivity contribution is -0.137. The number of aromatic nitrogens is 2. The van der Waals surface area contributed by atoms with Crippen molar-refractivity contribution in [3.8, 4) is 10.4 Å². The highest BCUT2D eigenvalue weighted by Gasteiger charge is 2.31. The minimum absolute atomic E-state index is 0.175. The Kier molecular flexibility index (Phi) is 5.90. The summed E-state index contributed by atoms with van der Waals surface area (Å²) in [6, 6.07) is 4.22. The molecule has 1 aliphatic rings. The number of rotatable bonds is 4. The number of pyridine rings is 1. The second-order valence-corrected chi connectivity index (χ2v) is 8.31. The fourth-order valence-corrected chi connectivity index (χ4v) is 4.54. The van der Waals surface area contributed by atoms with Crippen LogP contribution in [0.2, 0.25) is 0 Å². The summed E-state index contributed by atoms with van der Waals surface area (Å²) in [6.07, 6.45) is 3.53. The average molecular weight is 450 g/mol. The van der Waals surface area contributed by atoms with Gasteiger partial charge >= 0.3 is 12.2 Å². The monoisotopic (exact) mass is 450 g/mol. The van der Waals surface area contributed by atoms with Gasteiger partial charge in [-0.2, -0.15) is 13.2 Å². The molecule has 1 fully saturated rings. The molecule has 3 aromatic rings. The molecule has 0 aliphatic heterocycles. The van der Waals surface area contributed by atoms with Crippen LogP contribution in [-0.4, -0.2) is 16.0 Å². The van der Waals surface area contributed by atoms with Crippen molar-refractivity contribution in [3.63, 3.8) is 0 Å². The van der Waals surface area contributed by atoms with Gasteiger partial charge in [-0.1, -0.05) is 12.8 Å². The molecule has 1 aliphatic carbocycles. The zero-order valence-electron chi connectivity index (χ0n) is 16.2. The average Bonchev–Trinajstić information content (AvgIpc) is 3.41. The maximum Gasteiger partial charge on any atom is 0.416 e. The van der Waals surface area contributed by atoms with E-state index >= 15 is 0 Å². The molecule has 0 radical (unpaired) electrons. The molecule has 31 heavy (non-hydrogen) atoms. The maximum atomic E-state index is 13.8. The lowest BCUT2D eigenvalue weighted by atomic mass is 10.1. The predicted molar refractivity (Wildman–Crippen MR) is 111 cm³/mol.